The number of nitrogen functional groups attached to an aromatic ring is 2. The van der Waals surface area contributed by atoms with E-state index in [4.69, 9.17) is 11.5 Å². The van der Waals surface area contributed by atoms with Gasteiger partial charge in [-0.15, -0.1) is 22.7 Å². The molecule has 0 saturated carbocycles. The number of aromatic nitrogens is 11. The van der Waals surface area contributed by atoms with Gasteiger partial charge in [-0.25, -0.2) is 29.9 Å². The third-order valence-electron chi connectivity index (χ3n) is 9.80. The van der Waals surface area contributed by atoms with Crippen molar-refractivity contribution in [3.05, 3.63) is 140 Å². The van der Waals surface area contributed by atoms with Crippen LogP contribution in [-0.2, 0) is 0 Å². The number of fused-ring (bicyclic) bond motifs is 5. The Morgan fingerprint density at radius 1 is 0.562 bits per heavy atom. The van der Waals surface area contributed by atoms with Gasteiger partial charge in [0.15, 0.2) is 16.0 Å². The minimum absolute atomic E-state index is 0.0520. The van der Waals surface area contributed by atoms with E-state index in [2.05, 4.69) is 149 Å². The van der Waals surface area contributed by atoms with Crippen LogP contribution in [0, 0.1) is 0 Å². The number of pyridine rings is 4. The molecule has 0 saturated heterocycles. The van der Waals surface area contributed by atoms with Crippen molar-refractivity contribution >= 4 is 157 Å². The minimum atomic E-state index is 0.0520. The van der Waals surface area contributed by atoms with Gasteiger partial charge in [0.1, 0.15) is 22.6 Å². The molecule has 318 valence electrons. The summed E-state index contributed by atoms with van der Waals surface area (Å²) in [5.74, 6) is 0.0520. The lowest BCUT2D eigenvalue weighted by Crippen LogP contribution is -1.97. The van der Waals surface area contributed by atoms with Gasteiger partial charge < -0.3 is 36.4 Å². The minimum Gasteiger partial charge on any atom is -0.375 e. The number of carbonyl (C=O) groups is 1. The number of benzene rings is 1. The number of thiazole rings is 2. The van der Waals surface area contributed by atoms with Crippen LogP contribution < -0.4 is 11.5 Å². The highest BCUT2D eigenvalue weighted by Gasteiger charge is 2.14. The maximum Gasteiger partial charge on any atom is 0.180 e. The molecule has 0 spiro atoms. The van der Waals surface area contributed by atoms with Gasteiger partial charge in [0, 0.05) is 129 Å². The largest absolute Gasteiger partial charge is 0.375 e. The second kappa shape index (κ2) is 19.0. The lowest BCUT2D eigenvalue weighted by Gasteiger charge is -2.03. The SMILES string of the molecule is Brc1cnc2[nH]ccc2c1.Nc1nc(-c2c[nH]c3ncc(-c4ccc5[nH]ccc5c4)cc23)cs1.Nc1nc(-c2c[nH]c3ncc(Br)cc23)cs1.O=C(CBr)c1c[nH]c2ncc(Br)cc12. The molecule has 1 aromatic carbocycles. The second-order valence-electron chi connectivity index (χ2n) is 13.9. The summed E-state index contributed by atoms with van der Waals surface area (Å²) >= 11 is 16.1. The van der Waals surface area contributed by atoms with Gasteiger partial charge in [-0.2, -0.15) is 0 Å². The van der Waals surface area contributed by atoms with Gasteiger partial charge in [-0.1, -0.05) is 22.0 Å². The fourth-order valence-electron chi connectivity index (χ4n) is 6.81. The number of hydrogen-bond acceptors (Lipinski definition) is 11. The first-order valence-corrected chi connectivity index (χ1v) is 24.3. The molecule has 20 heteroatoms. The molecule has 12 aromatic rings. The van der Waals surface area contributed by atoms with Crippen LogP contribution in [0.2, 0.25) is 0 Å². The summed E-state index contributed by atoms with van der Waals surface area (Å²) in [6, 6.07) is 18.5. The number of halogens is 4. The molecule has 0 amide bonds. The van der Waals surface area contributed by atoms with Crippen LogP contribution in [0.1, 0.15) is 10.4 Å². The summed E-state index contributed by atoms with van der Waals surface area (Å²) in [7, 11) is 0. The summed E-state index contributed by atoms with van der Waals surface area (Å²) in [6.45, 7) is 0. The Hall–Kier alpha value is -6.03. The molecular weight excluding hydrogens is 1110 g/mol. The maximum atomic E-state index is 11.5. The molecule has 0 unspecified atom stereocenters. The first-order valence-electron chi connectivity index (χ1n) is 19.0. The maximum absolute atomic E-state index is 11.5. The molecular formula is C44H31Br4N13OS2. The van der Waals surface area contributed by atoms with Crippen molar-refractivity contribution in [3.63, 3.8) is 0 Å². The predicted octanol–water partition coefficient (Wildman–Crippen LogP) is 12.7. The van der Waals surface area contributed by atoms with Crippen molar-refractivity contribution in [2.75, 3.05) is 16.8 Å². The first kappa shape index (κ1) is 43.2. The van der Waals surface area contributed by atoms with Crippen LogP contribution in [0.25, 0.3) is 88.7 Å². The monoisotopic (exact) mass is 1140 g/mol. The van der Waals surface area contributed by atoms with Gasteiger partial charge in [0.05, 0.1) is 16.7 Å². The summed E-state index contributed by atoms with van der Waals surface area (Å²) in [6.07, 6.45) is 16.5. The third-order valence-corrected chi connectivity index (χ3v) is 13.0. The van der Waals surface area contributed by atoms with Gasteiger partial charge in [0.2, 0.25) is 0 Å². The topological polar surface area (TPSA) is 225 Å². The number of alkyl halides is 1. The number of H-pyrrole nitrogens is 5. The molecule has 0 aliphatic rings. The zero-order chi connectivity index (χ0) is 44.3. The van der Waals surface area contributed by atoms with E-state index in [1.807, 2.05) is 66.0 Å². The van der Waals surface area contributed by atoms with E-state index in [-0.39, 0.29) is 5.78 Å². The zero-order valence-electron chi connectivity index (χ0n) is 32.8. The molecule has 0 fully saturated rings. The van der Waals surface area contributed by atoms with Crippen LogP contribution in [0.15, 0.2) is 135 Å². The molecule has 0 bridgehead atoms. The summed E-state index contributed by atoms with van der Waals surface area (Å²) in [5.41, 5.74) is 22.6. The highest BCUT2D eigenvalue weighted by Crippen LogP contribution is 2.34. The molecule has 11 aromatic heterocycles. The van der Waals surface area contributed by atoms with Gasteiger partial charge in [-0.3, -0.25) is 4.79 Å². The average Bonchev–Trinajstić information content (AvgIpc) is 4.17. The highest BCUT2D eigenvalue weighted by molar-refractivity contribution is 9.11. The Bertz CT molecular complexity index is 3580. The zero-order valence-corrected chi connectivity index (χ0v) is 40.8. The van der Waals surface area contributed by atoms with E-state index in [0.29, 0.717) is 21.2 Å². The van der Waals surface area contributed by atoms with Gasteiger partial charge >= 0.3 is 0 Å². The van der Waals surface area contributed by atoms with Crippen molar-refractivity contribution in [1.29, 1.82) is 0 Å². The number of nitrogens with one attached hydrogen (secondary N) is 5. The quantitative estimate of drug-likeness (QED) is 0.0642. The van der Waals surface area contributed by atoms with Crippen LogP contribution in [0.5, 0.6) is 0 Å². The van der Waals surface area contributed by atoms with Crippen molar-refractivity contribution in [2.24, 2.45) is 0 Å². The van der Waals surface area contributed by atoms with Crippen LogP contribution in [0.4, 0.5) is 10.3 Å². The van der Waals surface area contributed by atoms with Crippen molar-refractivity contribution in [2.45, 2.75) is 0 Å². The van der Waals surface area contributed by atoms with Crippen molar-refractivity contribution in [1.82, 2.24) is 54.8 Å². The number of nitrogens with two attached hydrogens (primary N) is 2. The molecule has 64 heavy (non-hydrogen) atoms. The summed E-state index contributed by atoms with van der Waals surface area (Å²) in [4.78, 5) is 52.8. The molecule has 0 radical (unpaired) electrons. The van der Waals surface area contributed by atoms with E-state index < -0.39 is 0 Å². The number of hydrogen-bond donors (Lipinski definition) is 7. The smallest absolute Gasteiger partial charge is 0.180 e. The lowest BCUT2D eigenvalue weighted by molar-refractivity contribution is 0.102. The standard InChI is InChI=1S/C18H13N5S.C10H7BrN4S.C9H6Br2N2O.C7H5BrN2/c19-18-23-16(9-24-18)14-8-22-17-13(14)6-12(7-21-17)10-1-2-15-11(5-10)3-4-20-15;11-5-1-6-7(3-14-9(6)13-2-5)8-4-16-10(12)15-8;10-2-8(14)7-4-13-9-6(7)1-5(11)3-12-9;8-6-3-5-1-2-9-7(5)10-4-6/h1-9,20H,(H2,19,23)(H,21,22);1-4H,(H2,12,15)(H,13,14);1,3-4H,2H2,(H,12,13);1-4H,(H,9,10). The summed E-state index contributed by atoms with van der Waals surface area (Å²) < 4.78 is 2.83. The van der Waals surface area contributed by atoms with E-state index in [1.54, 1.807) is 24.8 Å². The number of carbonyl (C=O) groups excluding carboxylic acids is 1. The summed E-state index contributed by atoms with van der Waals surface area (Å²) in [5, 5.41) is 10.6. The van der Waals surface area contributed by atoms with E-state index >= 15 is 0 Å². The van der Waals surface area contributed by atoms with Gasteiger partial charge in [-0.05, 0) is 107 Å². The van der Waals surface area contributed by atoms with Crippen molar-refractivity contribution < 1.29 is 4.79 Å². The van der Waals surface area contributed by atoms with E-state index in [1.165, 1.54) is 28.1 Å². The Morgan fingerprint density at radius 2 is 1.11 bits per heavy atom. The van der Waals surface area contributed by atoms with Gasteiger partial charge in [0.25, 0.3) is 0 Å². The van der Waals surface area contributed by atoms with Crippen LogP contribution in [-0.4, -0.2) is 65.9 Å². The molecule has 0 aliphatic carbocycles. The molecule has 12 rings (SSSR count). The average molecular weight is 1140 g/mol. The number of nitrogens with zero attached hydrogens (tertiary/aromatic N) is 6. The Balaban J connectivity index is 0.000000114. The van der Waals surface area contributed by atoms with Crippen LogP contribution in [0.3, 0.4) is 0 Å². The molecule has 0 aliphatic heterocycles. The Kier molecular flexibility index (Phi) is 12.8. The normalized spacial score (nSPS) is 11.1. The second-order valence-corrected chi connectivity index (χ2v) is 19.0. The fraction of sp³-hybridized carbons (Fsp3) is 0.0227. The highest BCUT2D eigenvalue weighted by atomic mass is 79.9. The van der Waals surface area contributed by atoms with Crippen molar-refractivity contribution in [3.8, 4) is 33.6 Å². The van der Waals surface area contributed by atoms with Crippen LogP contribution >= 0.6 is 86.4 Å². The van der Waals surface area contributed by atoms with E-state index in [9.17, 15) is 4.79 Å². The Morgan fingerprint density at radius 3 is 1.75 bits per heavy atom. The number of anilines is 2. The molecule has 11 heterocycles. The number of Topliss-reactive ketones (excluding diaryl/α,β-unsaturated/α-hetero) is 1. The first-order chi connectivity index (χ1) is 31.1. The number of aromatic amines is 5. The number of ketones is 1. The molecule has 14 nitrogen and oxygen atoms in total. The lowest BCUT2D eigenvalue weighted by atomic mass is 10.0. The predicted molar refractivity (Wildman–Crippen MR) is 274 cm³/mol. The molecule has 9 N–H and O–H groups in total. The van der Waals surface area contributed by atoms with E-state index in [0.717, 1.165) is 96.7 Å². The third kappa shape index (κ3) is 9.42. The number of rotatable bonds is 5. The fourth-order valence-corrected chi connectivity index (χ4v) is 9.25. The molecule has 0 atom stereocenters. The Labute approximate surface area is 404 Å².